The molecule has 4 N–H and O–H groups in total. The Morgan fingerprint density at radius 3 is 3.16 bits per heavy atom. The van der Waals surface area contributed by atoms with Gasteiger partial charge < -0.3 is 20.2 Å². The van der Waals surface area contributed by atoms with E-state index in [0.717, 1.165) is 0 Å². The molecule has 2 rings (SSSR count). The highest BCUT2D eigenvalue weighted by molar-refractivity contribution is 5.95. The minimum atomic E-state index is -0.312. The molecule has 2 heterocycles. The Kier molecular flexibility index (Phi) is 4.31. The lowest BCUT2D eigenvalue weighted by Crippen LogP contribution is -2.46. The van der Waals surface area contributed by atoms with Crippen molar-refractivity contribution in [2.45, 2.75) is 13.0 Å². The van der Waals surface area contributed by atoms with Crippen LogP contribution in [0, 0.1) is 6.92 Å². The lowest BCUT2D eigenvalue weighted by molar-refractivity contribution is -0.0447. The van der Waals surface area contributed by atoms with E-state index in [1.165, 1.54) is 0 Å². The molecule has 0 radical (unpaired) electrons. The van der Waals surface area contributed by atoms with Crippen LogP contribution in [0.3, 0.4) is 0 Å². The van der Waals surface area contributed by atoms with Gasteiger partial charge in [0, 0.05) is 24.3 Å². The number of aryl methyl sites for hydroxylation is 1. The Labute approximate surface area is 111 Å². The third-order valence-electron chi connectivity index (χ3n) is 2.98. The average molecular weight is 266 g/mol. The first-order valence-electron chi connectivity index (χ1n) is 6.11. The zero-order valence-electron chi connectivity index (χ0n) is 10.8. The van der Waals surface area contributed by atoms with Gasteiger partial charge in [0.2, 0.25) is 0 Å². The van der Waals surface area contributed by atoms with Crippen LogP contribution in [0.2, 0.25) is 0 Å². The van der Waals surface area contributed by atoms with Crippen molar-refractivity contribution < 1.29 is 14.6 Å². The van der Waals surface area contributed by atoms with Gasteiger partial charge in [0.25, 0.3) is 5.91 Å². The molecule has 1 aromatic heterocycles. The van der Waals surface area contributed by atoms with Crippen LogP contribution in [0.1, 0.15) is 16.1 Å². The topological polar surface area (TPSA) is 101 Å². The summed E-state index contributed by atoms with van der Waals surface area (Å²) in [6.45, 7) is 3.05. The predicted molar refractivity (Wildman–Crippen MR) is 69.5 cm³/mol. The van der Waals surface area contributed by atoms with E-state index in [0.29, 0.717) is 36.8 Å². The molecule has 0 bridgehead atoms. The maximum Gasteiger partial charge on any atom is 0.254 e. The standard InChI is InChI=1S/C12H18N4O3/c1-8-4-9(5-11(14-8)15-13)12(18)16-2-3-19-10(6-16)7-17/h4-5,10,17H,2-3,6-7,13H2,1H3,(H,14,15). The van der Waals surface area contributed by atoms with Crippen LogP contribution in [0.4, 0.5) is 5.82 Å². The Balaban J connectivity index is 2.16. The second kappa shape index (κ2) is 5.96. The number of carbonyl (C=O) groups excluding carboxylic acids is 1. The van der Waals surface area contributed by atoms with Gasteiger partial charge in [0.15, 0.2) is 0 Å². The molecule has 1 aliphatic heterocycles. The molecule has 1 amide bonds. The molecule has 1 aromatic rings. The van der Waals surface area contributed by atoms with Crippen molar-refractivity contribution in [1.29, 1.82) is 0 Å². The van der Waals surface area contributed by atoms with E-state index in [1.54, 1.807) is 24.0 Å². The minimum absolute atomic E-state index is 0.0885. The average Bonchev–Trinajstić information content (AvgIpc) is 2.45. The number of nitrogens with zero attached hydrogens (tertiary/aromatic N) is 2. The lowest BCUT2D eigenvalue weighted by Gasteiger charge is -2.32. The molecule has 7 heteroatoms. The normalized spacial score (nSPS) is 19.3. The number of ether oxygens (including phenoxy) is 1. The summed E-state index contributed by atoms with van der Waals surface area (Å²) in [6, 6.07) is 3.32. The first kappa shape index (κ1) is 13.7. The van der Waals surface area contributed by atoms with E-state index in [2.05, 4.69) is 10.4 Å². The molecule has 1 atom stereocenters. The van der Waals surface area contributed by atoms with E-state index in [9.17, 15) is 4.79 Å². The summed E-state index contributed by atoms with van der Waals surface area (Å²) in [7, 11) is 0. The summed E-state index contributed by atoms with van der Waals surface area (Å²) in [5.74, 6) is 5.67. The fraction of sp³-hybridized carbons (Fsp3) is 0.500. The number of pyridine rings is 1. The summed E-state index contributed by atoms with van der Waals surface area (Å²) < 4.78 is 5.32. The maximum absolute atomic E-state index is 12.4. The summed E-state index contributed by atoms with van der Waals surface area (Å²) in [5, 5.41) is 9.09. The second-order valence-corrected chi connectivity index (χ2v) is 4.45. The number of nitrogens with one attached hydrogen (secondary N) is 1. The fourth-order valence-electron chi connectivity index (χ4n) is 2.06. The summed E-state index contributed by atoms with van der Waals surface area (Å²) >= 11 is 0. The van der Waals surface area contributed by atoms with E-state index in [4.69, 9.17) is 15.7 Å². The molecule has 1 fully saturated rings. The first-order valence-corrected chi connectivity index (χ1v) is 6.11. The molecule has 1 saturated heterocycles. The molecule has 7 nitrogen and oxygen atoms in total. The summed E-state index contributed by atoms with van der Waals surface area (Å²) in [6.07, 6.45) is -0.312. The highest BCUT2D eigenvalue weighted by atomic mass is 16.5. The number of carbonyl (C=O) groups is 1. The number of nitrogens with two attached hydrogens (primary N) is 1. The molecule has 0 saturated carbocycles. The van der Waals surface area contributed by atoms with E-state index >= 15 is 0 Å². The zero-order chi connectivity index (χ0) is 13.8. The number of hydrogen-bond acceptors (Lipinski definition) is 6. The number of rotatable bonds is 3. The lowest BCUT2D eigenvalue weighted by atomic mass is 10.1. The third kappa shape index (κ3) is 3.19. The summed E-state index contributed by atoms with van der Waals surface area (Å²) in [4.78, 5) is 18.2. The number of amides is 1. The van der Waals surface area contributed by atoms with Crippen LogP contribution in [-0.4, -0.2) is 53.3 Å². The molecule has 0 aliphatic carbocycles. The Bertz CT molecular complexity index is 466. The number of aliphatic hydroxyl groups is 1. The number of aliphatic hydroxyl groups excluding tert-OH is 1. The van der Waals surface area contributed by atoms with Gasteiger partial charge in [-0.05, 0) is 19.1 Å². The van der Waals surface area contributed by atoms with Crippen LogP contribution in [0.15, 0.2) is 12.1 Å². The number of morpholine rings is 1. The van der Waals surface area contributed by atoms with Crippen molar-refractivity contribution >= 4 is 11.7 Å². The molecule has 104 valence electrons. The first-order chi connectivity index (χ1) is 9.13. The Hall–Kier alpha value is -1.70. The van der Waals surface area contributed by atoms with Crippen LogP contribution < -0.4 is 11.3 Å². The van der Waals surface area contributed by atoms with Crippen LogP contribution in [-0.2, 0) is 4.74 Å². The largest absolute Gasteiger partial charge is 0.394 e. The molecule has 0 spiro atoms. The summed E-state index contributed by atoms with van der Waals surface area (Å²) in [5.41, 5.74) is 3.68. The predicted octanol–water partition coefficient (Wildman–Crippen LogP) is -0.491. The van der Waals surface area contributed by atoms with Gasteiger partial charge >= 0.3 is 0 Å². The van der Waals surface area contributed by atoms with Crippen LogP contribution in [0.5, 0.6) is 0 Å². The number of aromatic nitrogens is 1. The third-order valence-corrected chi connectivity index (χ3v) is 2.98. The quantitative estimate of drug-likeness (QED) is 0.504. The minimum Gasteiger partial charge on any atom is -0.394 e. The van der Waals surface area contributed by atoms with Crippen molar-refractivity contribution in [3.63, 3.8) is 0 Å². The fourth-order valence-corrected chi connectivity index (χ4v) is 2.06. The van der Waals surface area contributed by atoms with Gasteiger partial charge in [-0.3, -0.25) is 4.79 Å². The molecule has 0 aromatic carbocycles. The SMILES string of the molecule is Cc1cc(C(=O)N2CCOC(CO)C2)cc(NN)n1. The zero-order valence-corrected chi connectivity index (χ0v) is 10.8. The monoisotopic (exact) mass is 266 g/mol. The number of nitrogen functional groups attached to an aromatic ring is 1. The molecule has 1 aliphatic rings. The number of anilines is 1. The number of hydrazine groups is 1. The number of hydrogen-bond donors (Lipinski definition) is 3. The second-order valence-electron chi connectivity index (χ2n) is 4.45. The van der Waals surface area contributed by atoms with Crippen molar-refractivity contribution in [2.75, 3.05) is 31.7 Å². The van der Waals surface area contributed by atoms with Crippen LogP contribution >= 0.6 is 0 Å². The van der Waals surface area contributed by atoms with Crippen molar-refractivity contribution in [3.8, 4) is 0 Å². The van der Waals surface area contributed by atoms with Gasteiger partial charge in [0.05, 0.1) is 19.3 Å². The van der Waals surface area contributed by atoms with Crippen LogP contribution in [0.25, 0.3) is 0 Å². The molecule has 19 heavy (non-hydrogen) atoms. The van der Waals surface area contributed by atoms with E-state index in [-0.39, 0.29) is 18.6 Å². The molecule has 1 unspecified atom stereocenters. The maximum atomic E-state index is 12.4. The Morgan fingerprint density at radius 1 is 1.68 bits per heavy atom. The molecular formula is C12H18N4O3. The molecular weight excluding hydrogens is 248 g/mol. The van der Waals surface area contributed by atoms with Crippen molar-refractivity contribution in [2.24, 2.45) is 5.84 Å². The highest BCUT2D eigenvalue weighted by Crippen LogP contribution is 2.14. The smallest absolute Gasteiger partial charge is 0.254 e. The van der Waals surface area contributed by atoms with Crippen molar-refractivity contribution in [1.82, 2.24) is 9.88 Å². The van der Waals surface area contributed by atoms with Gasteiger partial charge in [-0.2, -0.15) is 0 Å². The van der Waals surface area contributed by atoms with Gasteiger partial charge in [-0.25, -0.2) is 10.8 Å². The van der Waals surface area contributed by atoms with E-state index < -0.39 is 0 Å². The van der Waals surface area contributed by atoms with Gasteiger partial charge in [0.1, 0.15) is 5.82 Å². The Morgan fingerprint density at radius 2 is 2.47 bits per heavy atom. The van der Waals surface area contributed by atoms with Gasteiger partial charge in [-0.1, -0.05) is 0 Å². The van der Waals surface area contributed by atoms with Crippen molar-refractivity contribution in [3.05, 3.63) is 23.4 Å². The van der Waals surface area contributed by atoms with E-state index in [1.807, 2.05) is 0 Å². The highest BCUT2D eigenvalue weighted by Gasteiger charge is 2.24. The van der Waals surface area contributed by atoms with Gasteiger partial charge in [-0.15, -0.1) is 0 Å².